The molecule has 2 rings (SSSR count). The van der Waals surface area contributed by atoms with Crippen LogP contribution in [-0.2, 0) is 4.84 Å². The van der Waals surface area contributed by atoms with Gasteiger partial charge in [-0.05, 0) is 31.9 Å². The molecule has 0 saturated carbocycles. The Morgan fingerprint density at radius 1 is 1.50 bits per heavy atom. The summed E-state index contributed by atoms with van der Waals surface area (Å²) in [6.45, 7) is 5.75. The van der Waals surface area contributed by atoms with Crippen molar-refractivity contribution in [2.75, 3.05) is 13.2 Å². The molecule has 2 heterocycles. The zero-order valence-electron chi connectivity index (χ0n) is 9.98. The Hall–Kier alpha value is -0.840. The van der Waals surface area contributed by atoms with E-state index >= 15 is 0 Å². The van der Waals surface area contributed by atoms with Crippen LogP contribution in [-0.4, -0.2) is 24.3 Å². The largest absolute Gasteiger partial charge is 0.465 e. The Labute approximate surface area is 96.3 Å². The molecular weight excluding hydrogens is 204 g/mol. The summed E-state index contributed by atoms with van der Waals surface area (Å²) in [7, 11) is 0. The highest BCUT2D eigenvalue weighted by molar-refractivity contribution is 5.11. The molecule has 1 aliphatic rings. The summed E-state index contributed by atoms with van der Waals surface area (Å²) in [5, 5.41) is 1.96. The van der Waals surface area contributed by atoms with Crippen LogP contribution in [0, 0.1) is 6.92 Å². The van der Waals surface area contributed by atoms with Crippen molar-refractivity contribution in [3.05, 3.63) is 23.7 Å². The number of hydroxylamine groups is 2. The standard InChI is InChI=1S/C12H20N2O2/c1-3-10(13)12(14-7-4-8-15-14)11-6-5-9(2)16-11/h5-6,10,12H,3-4,7-8,13H2,1-2H3. The summed E-state index contributed by atoms with van der Waals surface area (Å²) in [5.41, 5.74) is 6.16. The van der Waals surface area contributed by atoms with Gasteiger partial charge in [0, 0.05) is 12.6 Å². The highest BCUT2D eigenvalue weighted by Gasteiger charge is 2.31. The average Bonchev–Trinajstić information content (AvgIpc) is 2.91. The summed E-state index contributed by atoms with van der Waals surface area (Å²) in [5.74, 6) is 1.83. The fraction of sp³-hybridized carbons (Fsp3) is 0.667. The van der Waals surface area contributed by atoms with Gasteiger partial charge in [0.1, 0.15) is 17.6 Å². The quantitative estimate of drug-likeness (QED) is 0.850. The predicted octanol–water partition coefficient (Wildman–Crippen LogP) is 2.00. The topological polar surface area (TPSA) is 51.6 Å². The first-order valence-corrected chi connectivity index (χ1v) is 5.94. The van der Waals surface area contributed by atoms with Gasteiger partial charge in [0.25, 0.3) is 0 Å². The molecule has 90 valence electrons. The maximum Gasteiger partial charge on any atom is 0.125 e. The lowest BCUT2D eigenvalue weighted by Crippen LogP contribution is -2.38. The van der Waals surface area contributed by atoms with Gasteiger partial charge >= 0.3 is 0 Å². The van der Waals surface area contributed by atoms with Crippen molar-refractivity contribution in [2.45, 2.75) is 38.8 Å². The Kier molecular flexibility index (Phi) is 3.63. The Morgan fingerprint density at radius 2 is 2.31 bits per heavy atom. The van der Waals surface area contributed by atoms with E-state index in [0.717, 1.165) is 37.5 Å². The number of nitrogens with two attached hydrogens (primary N) is 1. The van der Waals surface area contributed by atoms with E-state index in [-0.39, 0.29) is 12.1 Å². The molecule has 0 bridgehead atoms. The van der Waals surface area contributed by atoms with Crippen LogP contribution in [0.15, 0.2) is 16.5 Å². The van der Waals surface area contributed by atoms with E-state index in [9.17, 15) is 0 Å². The van der Waals surface area contributed by atoms with Gasteiger partial charge in [-0.25, -0.2) is 0 Å². The fourth-order valence-electron chi connectivity index (χ4n) is 2.09. The van der Waals surface area contributed by atoms with E-state index in [1.165, 1.54) is 0 Å². The third-order valence-corrected chi connectivity index (χ3v) is 3.02. The van der Waals surface area contributed by atoms with Gasteiger partial charge in [-0.1, -0.05) is 6.92 Å². The van der Waals surface area contributed by atoms with Crippen LogP contribution < -0.4 is 5.73 Å². The third-order valence-electron chi connectivity index (χ3n) is 3.02. The fourth-order valence-corrected chi connectivity index (χ4v) is 2.09. The normalized spacial score (nSPS) is 21.2. The summed E-state index contributed by atoms with van der Waals surface area (Å²) in [6, 6.07) is 4.06. The molecule has 0 radical (unpaired) electrons. The first-order valence-electron chi connectivity index (χ1n) is 5.94. The molecule has 0 amide bonds. The summed E-state index contributed by atoms with van der Waals surface area (Å²) >= 11 is 0. The minimum atomic E-state index is 0.0428. The third kappa shape index (κ3) is 2.29. The minimum absolute atomic E-state index is 0.0428. The van der Waals surface area contributed by atoms with Crippen molar-refractivity contribution in [1.29, 1.82) is 0 Å². The van der Waals surface area contributed by atoms with Crippen LogP contribution in [0.25, 0.3) is 0 Å². The first-order chi connectivity index (χ1) is 7.72. The van der Waals surface area contributed by atoms with Crippen molar-refractivity contribution in [3.63, 3.8) is 0 Å². The number of aryl methyl sites for hydroxylation is 1. The Balaban J connectivity index is 2.19. The molecule has 1 saturated heterocycles. The lowest BCUT2D eigenvalue weighted by Gasteiger charge is -2.28. The highest BCUT2D eigenvalue weighted by atomic mass is 16.7. The molecule has 2 unspecified atom stereocenters. The molecule has 0 spiro atoms. The van der Waals surface area contributed by atoms with Gasteiger partial charge in [-0.15, -0.1) is 0 Å². The molecule has 2 N–H and O–H groups in total. The number of hydrogen-bond acceptors (Lipinski definition) is 4. The molecule has 1 aliphatic heterocycles. The molecular formula is C12H20N2O2. The van der Waals surface area contributed by atoms with Gasteiger partial charge in [0.15, 0.2) is 0 Å². The van der Waals surface area contributed by atoms with E-state index in [1.807, 2.05) is 24.1 Å². The van der Waals surface area contributed by atoms with Crippen molar-refractivity contribution in [2.24, 2.45) is 5.73 Å². The van der Waals surface area contributed by atoms with Gasteiger partial charge in [0.2, 0.25) is 0 Å². The molecule has 4 heteroatoms. The predicted molar refractivity (Wildman–Crippen MR) is 61.7 cm³/mol. The Morgan fingerprint density at radius 3 is 2.81 bits per heavy atom. The molecule has 1 fully saturated rings. The molecule has 0 aromatic carbocycles. The number of furan rings is 1. The van der Waals surface area contributed by atoms with Crippen LogP contribution in [0.5, 0.6) is 0 Å². The summed E-state index contributed by atoms with van der Waals surface area (Å²) in [6.07, 6.45) is 1.97. The van der Waals surface area contributed by atoms with Crippen LogP contribution >= 0.6 is 0 Å². The number of nitrogens with zero attached hydrogens (tertiary/aromatic N) is 1. The highest BCUT2D eigenvalue weighted by Crippen LogP contribution is 2.29. The maximum absolute atomic E-state index is 6.16. The van der Waals surface area contributed by atoms with Crippen LogP contribution in [0.4, 0.5) is 0 Å². The van der Waals surface area contributed by atoms with E-state index in [2.05, 4.69) is 6.92 Å². The number of hydrogen-bond donors (Lipinski definition) is 1. The van der Waals surface area contributed by atoms with Crippen molar-refractivity contribution in [3.8, 4) is 0 Å². The maximum atomic E-state index is 6.16. The second kappa shape index (κ2) is 4.99. The summed E-state index contributed by atoms with van der Waals surface area (Å²) in [4.78, 5) is 5.60. The SMILES string of the molecule is CCC(N)C(c1ccc(C)o1)N1CCCO1. The monoisotopic (exact) mass is 224 g/mol. The van der Waals surface area contributed by atoms with Gasteiger partial charge in [-0.3, -0.25) is 4.84 Å². The number of rotatable bonds is 4. The lowest BCUT2D eigenvalue weighted by atomic mass is 10.0. The second-order valence-corrected chi connectivity index (χ2v) is 4.29. The minimum Gasteiger partial charge on any atom is -0.465 e. The molecule has 4 nitrogen and oxygen atoms in total. The van der Waals surface area contributed by atoms with Crippen molar-refractivity contribution < 1.29 is 9.25 Å². The first kappa shape index (κ1) is 11.6. The van der Waals surface area contributed by atoms with E-state index in [0.29, 0.717) is 0 Å². The molecule has 1 aromatic rings. The lowest BCUT2D eigenvalue weighted by molar-refractivity contribution is -0.152. The van der Waals surface area contributed by atoms with Crippen molar-refractivity contribution in [1.82, 2.24) is 5.06 Å². The molecule has 16 heavy (non-hydrogen) atoms. The van der Waals surface area contributed by atoms with Crippen LogP contribution in [0.2, 0.25) is 0 Å². The smallest absolute Gasteiger partial charge is 0.125 e. The van der Waals surface area contributed by atoms with Crippen LogP contribution in [0.1, 0.15) is 37.3 Å². The molecule has 1 aromatic heterocycles. The van der Waals surface area contributed by atoms with Gasteiger partial charge < -0.3 is 10.2 Å². The van der Waals surface area contributed by atoms with Gasteiger partial charge in [-0.2, -0.15) is 5.06 Å². The van der Waals surface area contributed by atoms with E-state index in [4.69, 9.17) is 15.0 Å². The van der Waals surface area contributed by atoms with Crippen molar-refractivity contribution >= 4 is 0 Å². The zero-order chi connectivity index (χ0) is 11.5. The zero-order valence-corrected chi connectivity index (χ0v) is 9.98. The Bertz CT molecular complexity index is 332. The summed E-state index contributed by atoms with van der Waals surface area (Å²) < 4.78 is 5.68. The van der Waals surface area contributed by atoms with Gasteiger partial charge in [0.05, 0.1) is 6.61 Å². The van der Waals surface area contributed by atoms with E-state index in [1.54, 1.807) is 0 Å². The molecule has 0 aliphatic carbocycles. The second-order valence-electron chi connectivity index (χ2n) is 4.29. The van der Waals surface area contributed by atoms with Crippen LogP contribution in [0.3, 0.4) is 0 Å². The van der Waals surface area contributed by atoms with E-state index < -0.39 is 0 Å². The molecule has 2 atom stereocenters. The average molecular weight is 224 g/mol.